The van der Waals surface area contributed by atoms with E-state index < -0.39 is 29.6 Å². The summed E-state index contributed by atoms with van der Waals surface area (Å²) in [4.78, 5) is 23.4. The Labute approximate surface area is 140 Å². The van der Waals surface area contributed by atoms with Crippen LogP contribution in [0.5, 0.6) is 0 Å². The normalized spacial score (nSPS) is 12.7. The largest absolute Gasteiger partial charge is 0.502 e. The number of ether oxygens (including phenoxy) is 2. The molecule has 0 saturated carbocycles. The van der Waals surface area contributed by atoms with Crippen molar-refractivity contribution in [3.63, 3.8) is 0 Å². The van der Waals surface area contributed by atoms with Crippen molar-refractivity contribution >= 4 is 17.6 Å². The van der Waals surface area contributed by atoms with E-state index in [-0.39, 0.29) is 24.5 Å². The van der Waals surface area contributed by atoms with E-state index in [0.29, 0.717) is 0 Å². The molecule has 0 fully saturated rings. The van der Waals surface area contributed by atoms with Gasteiger partial charge in [-0.3, -0.25) is 0 Å². The van der Waals surface area contributed by atoms with E-state index >= 15 is 0 Å². The quantitative estimate of drug-likeness (QED) is 0.360. The highest BCUT2D eigenvalue weighted by molar-refractivity contribution is 5.94. The molecule has 25 heavy (non-hydrogen) atoms. The second kappa shape index (κ2) is 8.81. The number of carbonyl (C=O) groups is 2. The van der Waals surface area contributed by atoms with Crippen molar-refractivity contribution in [2.75, 3.05) is 13.2 Å². The van der Waals surface area contributed by atoms with Crippen LogP contribution < -0.4 is 0 Å². The van der Waals surface area contributed by atoms with E-state index in [1.54, 1.807) is 6.92 Å². The van der Waals surface area contributed by atoms with Gasteiger partial charge in [-0.1, -0.05) is 12.1 Å². The topological polar surface area (TPSA) is 97.6 Å². The maximum atomic E-state index is 12.6. The zero-order valence-electron chi connectivity index (χ0n) is 13.3. The molecule has 10 heteroatoms. The Morgan fingerprint density at radius 3 is 2.28 bits per heavy atom. The molecule has 1 N–H and O–H groups in total. The van der Waals surface area contributed by atoms with Crippen molar-refractivity contribution in [1.29, 1.82) is 0 Å². The summed E-state index contributed by atoms with van der Waals surface area (Å²) in [6.45, 7) is 2.79. The van der Waals surface area contributed by atoms with Gasteiger partial charge in [0.1, 0.15) is 5.69 Å². The van der Waals surface area contributed by atoms with E-state index in [1.807, 2.05) is 0 Å². The molecule has 0 aromatic heterocycles. The maximum absolute atomic E-state index is 12.6. The van der Waals surface area contributed by atoms with Crippen LogP contribution in [-0.2, 0) is 14.3 Å². The van der Waals surface area contributed by atoms with Crippen LogP contribution in [0.1, 0.15) is 24.2 Å². The molecule has 0 aliphatic carbocycles. The summed E-state index contributed by atoms with van der Waals surface area (Å²) >= 11 is 0. The number of alkyl halides is 3. The summed E-state index contributed by atoms with van der Waals surface area (Å²) in [5.41, 5.74) is -1.63. The fourth-order valence-corrected chi connectivity index (χ4v) is 1.56. The van der Waals surface area contributed by atoms with Crippen molar-refractivity contribution in [2.24, 2.45) is 10.2 Å². The minimum Gasteiger partial charge on any atom is -0.502 e. The molecule has 1 rings (SSSR count). The third-order valence-electron chi connectivity index (χ3n) is 2.62. The zero-order chi connectivity index (χ0) is 19.0. The number of azo groups is 1. The SMILES string of the molecule is CCOC(=O)/C(N=Nc1ccccc1C(=O)OCC)=C(/O)C(F)(F)F. The van der Waals surface area contributed by atoms with E-state index in [2.05, 4.69) is 15.0 Å². The molecule has 0 amide bonds. The number of rotatable bonds is 6. The van der Waals surface area contributed by atoms with Crippen LogP contribution in [0.25, 0.3) is 0 Å². The molecule has 1 aromatic carbocycles. The van der Waals surface area contributed by atoms with Crippen LogP contribution in [0.15, 0.2) is 46.0 Å². The molecule has 0 heterocycles. The number of aliphatic hydroxyl groups is 1. The Morgan fingerprint density at radius 1 is 1.12 bits per heavy atom. The molecular formula is C15H15F3N2O5. The van der Waals surface area contributed by atoms with Crippen LogP contribution in [0, 0.1) is 0 Å². The summed E-state index contributed by atoms with van der Waals surface area (Å²) < 4.78 is 47.1. The third kappa shape index (κ3) is 5.59. The predicted octanol–water partition coefficient (Wildman–Crippen LogP) is 3.84. The van der Waals surface area contributed by atoms with Gasteiger partial charge in [-0.15, -0.1) is 10.2 Å². The maximum Gasteiger partial charge on any atom is 0.451 e. The van der Waals surface area contributed by atoms with E-state index in [4.69, 9.17) is 4.74 Å². The van der Waals surface area contributed by atoms with Crippen LogP contribution >= 0.6 is 0 Å². The summed E-state index contributed by atoms with van der Waals surface area (Å²) in [5, 5.41) is 15.8. The summed E-state index contributed by atoms with van der Waals surface area (Å²) in [6, 6.07) is 5.54. The van der Waals surface area contributed by atoms with Crippen molar-refractivity contribution in [3.05, 3.63) is 41.3 Å². The first-order valence-corrected chi connectivity index (χ1v) is 7.07. The van der Waals surface area contributed by atoms with Gasteiger partial charge < -0.3 is 14.6 Å². The number of allylic oxidation sites excluding steroid dienone is 1. The minimum absolute atomic E-state index is 0.0668. The lowest BCUT2D eigenvalue weighted by atomic mass is 10.2. The highest BCUT2D eigenvalue weighted by Crippen LogP contribution is 2.28. The van der Waals surface area contributed by atoms with Gasteiger partial charge in [0, 0.05) is 0 Å². The smallest absolute Gasteiger partial charge is 0.451 e. The first kappa shape index (κ1) is 20.1. The lowest BCUT2D eigenvalue weighted by Gasteiger charge is -2.08. The van der Waals surface area contributed by atoms with Gasteiger partial charge in [0.05, 0.1) is 18.8 Å². The van der Waals surface area contributed by atoms with Crippen LogP contribution in [0.4, 0.5) is 18.9 Å². The predicted molar refractivity (Wildman–Crippen MR) is 79.3 cm³/mol. The molecule has 0 bridgehead atoms. The molecule has 7 nitrogen and oxygen atoms in total. The van der Waals surface area contributed by atoms with E-state index in [9.17, 15) is 27.9 Å². The lowest BCUT2D eigenvalue weighted by molar-refractivity contribution is -0.143. The molecule has 0 unspecified atom stereocenters. The number of hydrogen-bond donors (Lipinski definition) is 1. The Balaban J connectivity index is 3.31. The first-order valence-electron chi connectivity index (χ1n) is 7.07. The molecule has 136 valence electrons. The van der Waals surface area contributed by atoms with Crippen molar-refractivity contribution in [3.8, 4) is 0 Å². The summed E-state index contributed by atoms with van der Waals surface area (Å²) in [5.74, 6) is -4.52. The Kier molecular flexibility index (Phi) is 7.09. The van der Waals surface area contributed by atoms with Gasteiger partial charge >= 0.3 is 18.1 Å². The molecule has 0 spiro atoms. The number of aliphatic hydroxyl groups excluding tert-OH is 1. The first-order chi connectivity index (χ1) is 11.7. The van der Waals surface area contributed by atoms with Crippen LogP contribution in [-0.4, -0.2) is 36.4 Å². The molecular weight excluding hydrogens is 345 g/mol. The highest BCUT2D eigenvalue weighted by Gasteiger charge is 2.39. The van der Waals surface area contributed by atoms with Gasteiger partial charge in [-0.2, -0.15) is 13.2 Å². The number of nitrogens with zero attached hydrogens (tertiary/aromatic N) is 2. The number of hydrogen-bond acceptors (Lipinski definition) is 7. The van der Waals surface area contributed by atoms with Gasteiger partial charge in [0.25, 0.3) is 0 Å². The van der Waals surface area contributed by atoms with Crippen molar-refractivity contribution in [1.82, 2.24) is 0 Å². The molecule has 0 aliphatic heterocycles. The van der Waals surface area contributed by atoms with Crippen molar-refractivity contribution in [2.45, 2.75) is 20.0 Å². The fraction of sp³-hybridized carbons (Fsp3) is 0.333. The number of halogens is 3. The summed E-state index contributed by atoms with van der Waals surface area (Å²) in [7, 11) is 0. The standard InChI is InChI=1S/C15H15F3N2O5/c1-3-24-13(22)9-7-5-6-8-10(9)19-20-11(14(23)25-4-2)12(21)15(16,17)18/h5-8,21H,3-4H2,1-2H3/b12-11-,20-19?. The third-order valence-corrected chi connectivity index (χ3v) is 2.62. The zero-order valence-corrected chi connectivity index (χ0v) is 13.3. The average Bonchev–Trinajstić information content (AvgIpc) is 2.55. The molecule has 0 radical (unpaired) electrons. The second-order valence-electron chi connectivity index (χ2n) is 4.35. The van der Waals surface area contributed by atoms with Gasteiger partial charge in [0.15, 0.2) is 0 Å². The minimum atomic E-state index is -5.22. The van der Waals surface area contributed by atoms with Gasteiger partial charge in [-0.05, 0) is 26.0 Å². The van der Waals surface area contributed by atoms with E-state index in [0.717, 1.165) is 0 Å². The Morgan fingerprint density at radius 2 is 1.72 bits per heavy atom. The Hall–Kier alpha value is -2.91. The van der Waals surface area contributed by atoms with Crippen molar-refractivity contribution < 1.29 is 37.3 Å². The van der Waals surface area contributed by atoms with Crippen LogP contribution in [0.2, 0.25) is 0 Å². The molecule has 1 aromatic rings. The van der Waals surface area contributed by atoms with Gasteiger partial charge in [0.2, 0.25) is 11.5 Å². The highest BCUT2D eigenvalue weighted by atomic mass is 19.4. The average molecular weight is 360 g/mol. The Bertz CT molecular complexity index is 699. The monoisotopic (exact) mass is 360 g/mol. The number of carbonyl (C=O) groups excluding carboxylic acids is 2. The van der Waals surface area contributed by atoms with Crippen LogP contribution in [0.3, 0.4) is 0 Å². The molecule has 0 aliphatic rings. The lowest BCUT2D eigenvalue weighted by Crippen LogP contribution is -2.18. The number of benzene rings is 1. The summed E-state index contributed by atoms with van der Waals surface area (Å²) in [6.07, 6.45) is -5.22. The van der Waals surface area contributed by atoms with E-state index in [1.165, 1.54) is 31.2 Å². The van der Waals surface area contributed by atoms with Gasteiger partial charge in [-0.25, -0.2) is 9.59 Å². The second-order valence-corrected chi connectivity index (χ2v) is 4.35. The molecule has 0 atom stereocenters. The molecule has 0 saturated heterocycles. The fourth-order valence-electron chi connectivity index (χ4n) is 1.56. The number of esters is 2.